The molecule has 3 heterocycles. The van der Waals surface area contributed by atoms with Crippen molar-refractivity contribution in [2.75, 3.05) is 26.2 Å². The Hall–Kier alpha value is -1.90. The molecule has 4 rings (SSSR count). The Bertz CT molecular complexity index is 1060. The third kappa shape index (κ3) is 3.88. The Morgan fingerprint density at radius 1 is 1.13 bits per heavy atom. The third-order valence-electron chi connectivity index (χ3n) is 6.32. The van der Waals surface area contributed by atoms with Crippen molar-refractivity contribution in [3.63, 3.8) is 0 Å². The molecule has 1 amide bonds. The summed E-state index contributed by atoms with van der Waals surface area (Å²) in [6, 6.07) is 1.91. The average Bonchev–Trinajstić information content (AvgIpc) is 3.36. The number of hydrogen-bond donors (Lipinski definition) is 1. The van der Waals surface area contributed by atoms with Gasteiger partial charge in [-0.2, -0.15) is 0 Å². The third-order valence-corrected chi connectivity index (χ3v) is 7.90. The van der Waals surface area contributed by atoms with Gasteiger partial charge in [-0.25, -0.2) is 13.1 Å². The van der Waals surface area contributed by atoms with Crippen LogP contribution in [0.4, 0.5) is 0 Å². The van der Waals surface area contributed by atoms with Gasteiger partial charge in [0.1, 0.15) is 4.90 Å². The molecule has 1 N–H and O–H groups in total. The highest BCUT2D eigenvalue weighted by atomic mass is 32.2. The van der Waals surface area contributed by atoms with E-state index in [4.69, 9.17) is 9.15 Å². The summed E-state index contributed by atoms with van der Waals surface area (Å²) in [5.41, 5.74) is 2.43. The van der Waals surface area contributed by atoms with Crippen molar-refractivity contribution in [2.45, 2.75) is 63.9 Å². The molecule has 2 aliphatic rings. The number of nitrogens with zero attached hydrogens (tertiary/aromatic N) is 1. The van der Waals surface area contributed by atoms with E-state index in [1.54, 1.807) is 11.8 Å². The summed E-state index contributed by atoms with van der Waals surface area (Å²) in [6.07, 6.45) is 4.78. The van der Waals surface area contributed by atoms with Gasteiger partial charge in [-0.3, -0.25) is 4.79 Å². The first-order valence-corrected chi connectivity index (χ1v) is 12.2. The summed E-state index contributed by atoms with van der Waals surface area (Å²) in [5, 5.41) is 0.677. The van der Waals surface area contributed by atoms with Gasteiger partial charge in [0.15, 0.2) is 11.3 Å². The quantitative estimate of drug-likeness (QED) is 0.779. The van der Waals surface area contributed by atoms with Gasteiger partial charge in [-0.1, -0.05) is 0 Å². The van der Waals surface area contributed by atoms with E-state index < -0.39 is 10.0 Å². The molecule has 2 aromatic rings. The Morgan fingerprint density at radius 3 is 2.53 bits per heavy atom. The summed E-state index contributed by atoms with van der Waals surface area (Å²) < 4.78 is 40.7. The Labute approximate surface area is 177 Å². The summed E-state index contributed by atoms with van der Waals surface area (Å²) in [6.45, 7) is 7.80. The predicted octanol–water partition coefficient (Wildman–Crippen LogP) is 3.44. The molecule has 0 saturated carbocycles. The fraction of sp³-hybridized carbons (Fsp3) is 0.591. The molecular weight excluding hydrogens is 404 g/mol. The van der Waals surface area contributed by atoms with Crippen LogP contribution in [-0.4, -0.2) is 51.6 Å². The SMILES string of the molecule is Cc1cc2c(C)c(C(=O)N3CCCCC3)oc2c(S(=O)(=O)NC[C@H]2CCCO2)c1C. The zero-order chi connectivity index (χ0) is 21.5. The smallest absolute Gasteiger partial charge is 0.289 e. The molecule has 2 saturated heterocycles. The van der Waals surface area contributed by atoms with Gasteiger partial charge >= 0.3 is 0 Å². The predicted molar refractivity (Wildman–Crippen MR) is 114 cm³/mol. The van der Waals surface area contributed by atoms with Gasteiger partial charge in [0.05, 0.1) is 6.10 Å². The Morgan fingerprint density at radius 2 is 1.87 bits per heavy atom. The number of sulfonamides is 1. The van der Waals surface area contributed by atoms with Crippen molar-refractivity contribution in [1.82, 2.24) is 9.62 Å². The number of fused-ring (bicyclic) bond motifs is 1. The van der Waals surface area contributed by atoms with Gasteiger partial charge in [0.25, 0.3) is 5.91 Å². The summed E-state index contributed by atoms with van der Waals surface area (Å²) in [7, 11) is -3.83. The second-order valence-corrected chi connectivity index (χ2v) is 10.1. The zero-order valence-electron chi connectivity index (χ0n) is 17.9. The number of benzene rings is 1. The van der Waals surface area contributed by atoms with Crippen LogP contribution in [-0.2, 0) is 14.8 Å². The van der Waals surface area contributed by atoms with E-state index in [0.29, 0.717) is 36.2 Å². The van der Waals surface area contributed by atoms with E-state index in [-0.39, 0.29) is 34.8 Å². The van der Waals surface area contributed by atoms with Gasteiger partial charge < -0.3 is 14.1 Å². The number of furan rings is 1. The monoisotopic (exact) mass is 434 g/mol. The van der Waals surface area contributed by atoms with Crippen molar-refractivity contribution >= 4 is 26.9 Å². The van der Waals surface area contributed by atoms with E-state index in [0.717, 1.165) is 37.7 Å². The molecule has 7 nitrogen and oxygen atoms in total. The number of hydrogen-bond acceptors (Lipinski definition) is 5. The van der Waals surface area contributed by atoms with Crippen LogP contribution in [0.5, 0.6) is 0 Å². The maximum atomic E-state index is 13.2. The molecule has 1 atom stereocenters. The van der Waals surface area contributed by atoms with Crippen molar-refractivity contribution in [3.05, 3.63) is 28.5 Å². The van der Waals surface area contributed by atoms with E-state index in [9.17, 15) is 13.2 Å². The van der Waals surface area contributed by atoms with E-state index >= 15 is 0 Å². The first kappa shape index (κ1) is 21.3. The molecule has 0 aliphatic carbocycles. The van der Waals surface area contributed by atoms with Crippen molar-refractivity contribution < 1.29 is 22.4 Å². The second-order valence-electron chi connectivity index (χ2n) is 8.42. The van der Waals surface area contributed by atoms with Crippen molar-refractivity contribution in [3.8, 4) is 0 Å². The van der Waals surface area contributed by atoms with Crippen LogP contribution < -0.4 is 4.72 Å². The highest BCUT2D eigenvalue weighted by Gasteiger charge is 2.30. The number of piperidine rings is 1. The standard InChI is InChI=1S/C22H30N2O5S/c1-14-12-18-16(3)19(22(25)24-9-5-4-6-10-24)29-20(18)21(15(14)2)30(26,27)23-13-17-8-7-11-28-17/h12,17,23H,4-11,13H2,1-3H3/t17-/m1/s1. The lowest BCUT2D eigenvalue weighted by molar-refractivity contribution is 0.0693. The first-order chi connectivity index (χ1) is 14.3. The molecule has 0 spiro atoms. The van der Waals surface area contributed by atoms with Crippen molar-refractivity contribution in [2.24, 2.45) is 0 Å². The minimum atomic E-state index is -3.83. The minimum absolute atomic E-state index is 0.102. The molecule has 30 heavy (non-hydrogen) atoms. The highest BCUT2D eigenvalue weighted by molar-refractivity contribution is 7.89. The van der Waals surface area contributed by atoms with Gasteiger partial charge in [0, 0.05) is 37.2 Å². The second kappa shape index (κ2) is 8.32. The van der Waals surface area contributed by atoms with Crippen LogP contribution in [0.15, 0.2) is 15.4 Å². The number of rotatable bonds is 5. The van der Waals surface area contributed by atoms with Crippen LogP contribution in [0.3, 0.4) is 0 Å². The molecule has 164 valence electrons. The summed E-state index contributed by atoms with van der Waals surface area (Å²) >= 11 is 0. The molecule has 0 unspecified atom stereocenters. The number of carbonyl (C=O) groups excluding carboxylic acids is 1. The van der Waals surface area contributed by atoms with Crippen LogP contribution in [0.2, 0.25) is 0 Å². The number of aryl methyl sites for hydroxylation is 2. The number of ether oxygens (including phenoxy) is 1. The fourth-order valence-corrected chi connectivity index (χ4v) is 5.90. The van der Waals surface area contributed by atoms with Gasteiger partial charge in [-0.05, 0) is 70.1 Å². The number of likely N-dealkylation sites (tertiary alicyclic amines) is 1. The van der Waals surface area contributed by atoms with Crippen LogP contribution in [0, 0.1) is 20.8 Å². The lowest BCUT2D eigenvalue weighted by Crippen LogP contribution is -2.35. The van der Waals surface area contributed by atoms with Crippen LogP contribution in [0.1, 0.15) is 59.3 Å². The lowest BCUT2D eigenvalue weighted by Gasteiger charge is -2.25. The molecule has 2 aliphatic heterocycles. The minimum Gasteiger partial charge on any atom is -0.449 e. The fourth-order valence-electron chi connectivity index (χ4n) is 4.39. The average molecular weight is 435 g/mol. The number of amides is 1. The molecule has 0 bridgehead atoms. The van der Waals surface area contributed by atoms with Gasteiger partial charge in [0.2, 0.25) is 10.0 Å². The van der Waals surface area contributed by atoms with Gasteiger partial charge in [-0.15, -0.1) is 0 Å². The normalized spacial score (nSPS) is 20.2. The maximum Gasteiger partial charge on any atom is 0.289 e. The molecule has 2 fully saturated rings. The first-order valence-electron chi connectivity index (χ1n) is 10.7. The maximum absolute atomic E-state index is 13.2. The van der Waals surface area contributed by atoms with Crippen molar-refractivity contribution in [1.29, 1.82) is 0 Å². The van der Waals surface area contributed by atoms with Crippen LogP contribution >= 0.6 is 0 Å². The zero-order valence-corrected chi connectivity index (χ0v) is 18.7. The van der Waals surface area contributed by atoms with Crippen LogP contribution in [0.25, 0.3) is 11.0 Å². The van der Waals surface area contributed by atoms with E-state index in [1.165, 1.54) is 0 Å². The Balaban J connectivity index is 1.75. The Kier molecular flexibility index (Phi) is 5.92. The topological polar surface area (TPSA) is 88.9 Å². The highest BCUT2D eigenvalue weighted by Crippen LogP contribution is 2.35. The summed E-state index contributed by atoms with van der Waals surface area (Å²) in [4.78, 5) is 15.0. The lowest BCUT2D eigenvalue weighted by atomic mass is 10.0. The largest absolute Gasteiger partial charge is 0.449 e. The molecule has 0 radical (unpaired) electrons. The molecule has 1 aromatic heterocycles. The molecule has 8 heteroatoms. The molecule has 1 aromatic carbocycles. The summed E-state index contributed by atoms with van der Waals surface area (Å²) in [5.74, 6) is 0.0850. The number of nitrogens with one attached hydrogen (secondary N) is 1. The van der Waals surface area contributed by atoms with E-state index in [2.05, 4.69) is 4.72 Å². The number of carbonyl (C=O) groups is 1. The molecular formula is C22H30N2O5S. The van der Waals surface area contributed by atoms with E-state index in [1.807, 2.05) is 19.9 Å².